The first-order valence-electron chi connectivity index (χ1n) is 6.88. The van der Waals surface area contributed by atoms with E-state index in [1.54, 1.807) is 6.92 Å². The van der Waals surface area contributed by atoms with Crippen molar-refractivity contribution < 1.29 is 17.9 Å². The van der Waals surface area contributed by atoms with E-state index < -0.39 is 10.0 Å². The molecule has 116 valence electrons. The van der Waals surface area contributed by atoms with Gasteiger partial charge >= 0.3 is 0 Å². The Bertz CT molecular complexity index is 638. The van der Waals surface area contributed by atoms with Crippen LogP contribution in [0.5, 0.6) is 5.75 Å². The number of primary sulfonamides is 1. The van der Waals surface area contributed by atoms with Crippen molar-refractivity contribution in [2.24, 2.45) is 5.14 Å². The van der Waals surface area contributed by atoms with Gasteiger partial charge in [0.05, 0.1) is 4.90 Å². The van der Waals surface area contributed by atoms with Crippen molar-refractivity contribution in [3.8, 4) is 5.75 Å². The quantitative estimate of drug-likeness (QED) is 0.849. The Morgan fingerprint density at radius 1 is 1.43 bits per heavy atom. The van der Waals surface area contributed by atoms with E-state index in [1.165, 1.54) is 18.2 Å². The molecule has 1 saturated carbocycles. The van der Waals surface area contributed by atoms with Gasteiger partial charge in [-0.2, -0.15) is 0 Å². The molecule has 1 aliphatic carbocycles. The summed E-state index contributed by atoms with van der Waals surface area (Å²) < 4.78 is 28.0. The van der Waals surface area contributed by atoms with Crippen molar-refractivity contribution in [1.29, 1.82) is 0 Å². The van der Waals surface area contributed by atoms with Gasteiger partial charge in [-0.1, -0.05) is 0 Å². The SMILES string of the molecule is CCN(C(=O)COc1ccc(S(N)(=O)=O)cc1C)C1CC1. The third-order valence-corrected chi connectivity index (χ3v) is 4.39. The summed E-state index contributed by atoms with van der Waals surface area (Å²) in [4.78, 5) is 13.9. The fraction of sp³-hybridized carbons (Fsp3) is 0.500. The van der Waals surface area contributed by atoms with Crippen LogP contribution in [0.3, 0.4) is 0 Å². The topological polar surface area (TPSA) is 89.7 Å². The summed E-state index contributed by atoms with van der Waals surface area (Å²) in [7, 11) is -3.72. The molecule has 21 heavy (non-hydrogen) atoms. The van der Waals surface area contributed by atoms with E-state index in [0.717, 1.165) is 12.8 Å². The van der Waals surface area contributed by atoms with Crippen LogP contribution in [0.2, 0.25) is 0 Å². The van der Waals surface area contributed by atoms with E-state index in [4.69, 9.17) is 9.88 Å². The van der Waals surface area contributed by atoms with Gasteiger partial charge < -0.3 is 9.64 Å². The summed E-state index contributed by atoms with van der Waals surface area (Å²) in [5, 5.41) is 5.07. The van der Waals surface area contributed by atoms with Gasteiger partial charge in [0.1, 0.15) is 5.75 Å². The largest absolute Gasteiger partial charge is 0.483 e. The Morgan fingerprint density at radius 3 is 2.57 bits per heavy atom. The van der Waals surface area contributed by atoms with E-state index in [-0.39, 0.29) is 17.4 Å². The third-order valence-electron chi connectivity index (χ3n) is 3.47. The van der Waals surface area contributed by atoms with Crippen LogP contribution in [0.4, 0.5) is 0 Å². The minimum Gasteiger partial charge on any atom is -0.483 e. The molecule has 1 aromatic carbocycles. The number of aryl methyl sites for hydroxylation is 1. The molecule has 2 rings (SSSR count). The Morgan fingerprint density at radius 2 is 2.10 bits per heavy atom. The molecule has 0 radical (unpaired) electrons. The average molecular weight is 312 g/mol. The number of carbonyl (C=O) groups is 1. The molecule has 0 saturated heterocycles. The highest BCUT2D eigenvalue weighted by molar-refractivity contribution is 7.89. The van der Waals surface area contributed by atoms with Crippen molar-refractivity contribution in [3.05, 3.63) is 23.8 Å². The lowest BCUT2D eigenvalue weighted by atomic mass is 10.2. The summed E-state index contributed by atoms with van der Waals surface area (Å²) in [6.45, 7) is 4.30. The second-order valence-electron chi connectivity index (χ2n) is 5.17. The molecule has 1 aromatic rings. The molecule has 2 N–H and O–H groups in total. The lowest BCUT2D eigenvalue weighted by Gasteiger charge is -2.20. The van der Waals surface area contributed by atoms with E-state index in [1.807, 2.05) is 11.8 Å². The summed E-state index contributed by atoms with van der Waals surface area (Å²) in [6, 6.07) is 4.70. The maximum atomic E-state index is 12.1. The summed E-state index contributed by atoms with van der Waals surface area (Å²) >= 11 is 0. The molecule has 0 unspecified atom stereocenters. The molecule has 0 aliphatic heterocycles. The summed E-state index contributed by atoms with van der Waals surface area (Å²) in [6.07, 6.45) is 2.11. The van der Waals surface area contributed by atoms with Crippen LogP contribution in [0.25, 0.3) is 0 Å². The zero-order chi connectivity index (χ0) is 15.6. The number of hydrogen-bond donors (Lipinski definition) is 1. The first kappa shape index (κ1) is 15.8. The molecule has 1 aliphatic rings. The van der Waals surface area contributed by atoms with Crippen LogP contribution in [-0.4, -0.2) is 38.4 Å². The molecular formula is C14H20N2O4S. The number of ether oxygens (including phenoxy) is 1. The molecule has 0 aromatic heterocycles. The van der Waals surface area contributed by atoms with Crippen LogP contribution >= 0.6 is 0 Å². The fourth-order valence-electron chi connectivity index (χ4n) is 2.21. The fourth-order valence-corrected chi connectivity index (χ4v) is 2.81. The van der Waals surface area contributed by atoms with Crippen molar-refractivity contribution in [2.45, 2.75) is 37.6 Å². The highest BCUT2D eigenvalue weighted by Crippen LogP contribution is 2.27. The van der Waals surface area contributed by atoms with Gasteiger partial charge in [0.25, 0.3) is 5.91 Å². The lowest BCUT2D eigenvalue weighted by molar-refractivity contribution is -0.133. The minimum absolute atomic E-state index is 0.0341. The highest BCUT2D eigenvalue weighted by atomic mass is 32.2. The highest BCUT2D eigenvalue weighted by Gasteiger charge is 2.31. The van der Waals surface area contributed by atoms with Crippen LogP contribution < -0.4 is 9.88 Å². The van der Waals surface area contributed by atoms with Gasteiger partial charge in [-0.15, -0.1) is 0 Å². The molecule has 7 heteroatoms. The molecule has 0 bridgehead atoms. The van der Waals surface area contributed by atoms with Gasteiger partial charge in [-0.25, -0.2) is 13.6 Å². The van der Waals surface area contributed by atoms with Crippen molar-refractivity contribution >= 4 is 15.9 Å². The number of nitrogens with zero attached hydrogens (tertiary/aromatic N) is 1. The second-order valence-corrected chi connectivity index (χ2v) is 6.73. The first-order valence-corrected chi connectivity index (χ1v) is 8.43. The molecule has 0 heterocycles. The number of rotatable bonds is 6. The van der Waals surface area contributed by atoms with Crippen molar-refractivity contribution in [3.63, 3.8) is 0 Å². The van der Waals surface area contributed by atoms with Crippen molar-refractivity contribution in [1.82, 2.24) is 4.90 Å². The lowest BCUT2D eigenvalue weighted by Crippen LogP contribution is -2.36. The van der Waals surface area contributed by atoms with Crippen LogP contribution in [0, 0.1) is 6.92 Å². The maximum Gasteiger partial charge on any atom is 0.260 e. The zero-order valence-corrected chi connectivity index (χ0v) is 13.0. The van der Waals surface area contributed by atoms with Gasteiger partial charge in [0.2, 0.25) is 10.0 Å². The van der Waals surface area contributed by atoms with E-state index in [9.17, 15) is 13.2 Å². The maximum absolute atomic E-state index is 12.1. The van der Waals surface area contributed by atoms with Gasteiger partial charge in [-0.3, -0.25) is 4.79 Å². The van der Waals surface area contributed by atoms with Crippen LogP contribution in [0.1, 0.15) is 25.3 Å². The van der Waals surface area contributed by atoms with Gasteiger partial charge in [-0.05, 0) is 50.5 Å². The van der Waals surface area contributed by atoms with Gasteiger partial charge in [0.15, 0.2) is 6.61 Å². The van der Waals surface area contributed by atoms with E-state index in [2.05, 4.69) is 0 Å². The monoisotopic (exact) mass is 312 g/mol. The molecule has 6 nitrogen and oxygen atoms in total. The Kier molecular flexibility index (Phi) is 4.53. The second kappa shape index (κ2) is 6.03. The number of carbonyl (C=O) groups excluding carboxylic acids is 1. The molecule has 1 fully saturated rings. The predicted molar refractivity (Wildman–Crippen MR) is 78.5 cm³/mol. The number of benzene rings is 1. The number of amides is 1. The van der Waals surface area contributed by atoms with Crippen molar-refractivity contribution in [2.75, 3.05) is 13.2 Å². The Labute approximate surface area is 124 Å². The number of sulfonamides is 1. The molecule has 1 amide bonds. The number of nitrogens with two attached hydrogens (primary N) is 1. The Balaban J connectivity index is 2.01. The molecular weight excluding hydrogens is 292 g/mol. The van der Waals surface area contributed by atoms with Crippen LogP contribution in [0.15, 0.2) is 23.1 Å². The standard InChI is InChI=1S/C14H20N2O4S/c1-3-16(11-4-5-11)14(17)9-20-13-7-6-12(8-10(13)2)21(15,18)19/h6-8,11H,3-5,9H2,1-2H3,(H2,15,18,19). The minimum atomic E-state index is -3.72. The third kappa shape index (κ3) is 3.95. The number of likely N-dealkylation sites (N-methyl/N-ethyl adjacent to an activating group) is 1. The molecule has 0 atom stereocenters. The Hall–Kier alpha value is -1.60. The normalized spacial score (nSPS) is 14.8. The van der Waals surface area contributed by atoms with E-state index >= 15 is 0 Å². The molecule has 0 spiro atoms. The zero-order valence-electron chi connectivity index (χ0n) is 12.2. The van der Waals surface area contributed by atoms with E-state index in [0.29, 0.717) is 23.9 Å². The smallest absolute Gasteiger partial charge is 0.260 e. The first-order chi connectivity index (χ1) is 9.82. The summed E-state index contributed by atoms with van der Waals surface area (Å²) in [5.74, 6) is 0.442. The predicted octanol–water partition coefficient (Wildman–Crippen LogP) is 1.03. The average Bonchev–Trinajstić information content (AvgIpc) is 3.21. The van der Waals surface area contributed by atoms with Crippen LogP contribution in [-0.2, 0) is 14.8 Å². The summed E-state index contributed by atoms with van der Waals surface area (Å²) in [5.41, 5.74) is 0.629. The van der Waals surface area contributed by atoms with Gasteiger partial charge in [0, 0.05) is 12.6 Å². The number of hydrogen-bond acceptors (Lipinski definition) is 4.